The van der Waals surface area contributed by atoms with E-state index in [1.54, 1.807) is 79.4 Å². The number of nitrogens with zero attached hydrogens (tertiary/aromatic N) is 6. The molecular weight excluding hydrogens is 1740 g/mol. The van der Waals surface area contributed by atoms with Crippen LogP contribution >= 0.6 is 0 Å². The number of aryl methyl sites for hydroxylation is 1. The SMILES string of the molecule is Cc1cc(F)c[c-]c1-c1ccccn1.Fc1c[c-]c(-c2ccccn2)c(F)c1.Fc1c[c-]c(-c2ccccn2)c(F)c1.Fc1c[c-]c(-c2ccccn2)c(F)c1.O=C(Oc1cccc(OC(=O)c2ccc(C(=O)Oc3cccnc3C(=O)O)cc2)c1)c1ccc(C(=O)Oc2cccnc2C(=O)O)cc1.[Ir].[Ir]. The first-order valence-electron chi connectivity index (χ1n) is 30.2. The van der Waals surface area contributed by atoms with Crippen LogP contribution in [0.2, 0.25) is 0 Å². The van der Waals surface area contributed by atoms with E-state index >= 15 is 0 Å². The van der Waals surface area contributed by atoms with Crippen molar-refractivity contribution in [2.75, 3.05) is 0 Å². The number of ether oxygens (including phenoxy) is 4. The molecule has 0 aliphatic heterocycles. The topological polar surface area (TPSA) is 257 Å². The van der Waals surface area contributed by atoms with Crippen molar-refractivity contribution in [3.8, 4) is 68.0 Å². The van der Waals surface area contributed by atoms with Gasteiger partial charge in [0.15, 0.2) is 22.9 Å². The number of carbonyl (C=O) groups excluding carboxylic acids is 4. The molecule has 0 aliphatic rings. The fraction of sp³-hybridized carbons (Fsp3) is 0.0127. The summed E-state index contributed by atoms with van der Waals surface area (Å²) in [5.74, 6) is -10.6. The molecule has 0 saturated heterocycles. The first-order valence-corrected chi connectivity index (χ1v) is 30.2. The van der Waals surface area contributed by atoms with E-state index in [4.69, 9.17) is 18.9 Å². The number of benzene rings is 7. The summed E-state index contributed by atoms with van der Waals surface area (Å²) < 4.78 is 111. The van der Waals surface area contributed by atoms with Gasteiger partial charge in [0.25, 0.3) is 0 Å². The van der Waals surface area contributed by atoms with Gasteiger partial charge in [-0.2, -0.15) is 0 Å². The fourth-order valence-electron chi connectivity index (χ4n) is 8.82. The van der Waals surface area contributed by atoms with E-state index in [0.29, 0.717) is 17.1 Å². The van der Waals surface area contributed by atoms with Crippen molar-refractivity contribution in [1.29, 1.82) is 0 Å². The van der Waals surface area contributed by atoms with Gasteiger partial charge in [-0.15, -0.1) is 65.7 Å². The summed E-state index contributed by atoms with van der Waals surface area (Å²) in [5, 5.41) is 18.4. The van der Waals surface area contributed by atoms with Crippen molar-refractivity contribution in [2.45, 2.75) is 6.92 Å². The molecule has 0 saturated carbocycles. The van der Waals surface area contributed by atoms with Crippen LogP contribution in [-0.2, 0) is 40.2 Å². The molecule has 0 fully saturated rings. The molecule has 7 aromatic carbocycles. The number of halogens is 7. The van der Waals surface area contributed by atoms with Gasteiger partial charge in [0.1, 0.15) is 11.5 Å². The fourth-order valence-corrected chi connectivity index (χ4v) is 8.82. The summed E-state index contributed by atoms with van der Waals surface area (Å²) >= 11 is 0. The summed E-state index contributed by atoms with van der Waals surface area (Å²) in [7, 11) is 0. The van der Waals surface area contributed by atoms with Gasteiger partial charge in [-0.3, -0.25) is 30.7 Å². The van der Waals surface area contributed by atoms with Gasteiger partial charge in [0, 0.05) is 124 Å². The van der Waals surface area contributed by atoms with E-state index in [2.05, 4.69) is 54.2 Å². The zero-order chi connectivity index (χ0) is 74.1. The number of carboxylic acid groups (broad SMARTS) is 2. The number of rotatable bonds is 14. The summed E-state index contributed by atoms with van der Waals surface area (Å²) in [6.07, 6.45) is 8.85. The number of carbonyl (C=O) groups is 6. The smallest absolute Gasteiger partial charge is 0.358 e. The predicted molar refractivity (Wildman–Crippen MR) is 360 cm³/mol. The molecule has 2 N–H and O–H groups in total. The molecule has 2 radical (unpaired) electrons. The third-order valence-corrected chi connectivity index (χ3v) is 13.7. The third-order valence-electron chi connectivity index (χ3n) is 13.7. The Morgan fingerprint density at radius 2 is 0.604 bits per heavy atom. The summed E-state index contributed by atoms with van der Waals surface area (Å²) in [6, 6.07) is 61.4. The van der Waals surface area contributed by atoms with Crippen LogP contribution < -0.4 is 18.9 Å². The molecule has 106 heavy (non-hydrogen) atoms. The number of aromatic carboxylic acids is 2. The number of esters is 4. The number of hydrogen-bond acceptors (Lipinski definition) is 16. The Kier molecular flexibility index (Phi) is 29.9. The molecular formula is C79H47F7Ir2N6O12-4. The molecule has 0 spiro atoms. The molecule has 0 bridgehead atoms. The number of pyridine rings is 6. The Morgan fingerprint density at radius 1 is 0.321 bits per heavy atom. The summed E-state index contributed by atoms with van der Waals surface area (Å²) in [5.41, 5.74) is 3.78. The van der Waals surface area contributed by atoms with Crippen molar-refractivity contribution >= 4 is 35.8 Å². The minimum atomic E-state index is -1.37. The Bertz CT molecular complexity index is 4700. The minimum Gasteiger partial charge on any atom is -0.476 e. The number of aromatic nitrogens is 6. The molecule has 6 heterocycles. The second kappa shape index (κ2) is 39.5. The largest absolute Gasteiger partial charge is 0.476 e. The number of hydrogen-bond donors (Lipinski definition) is 2. The second-order valence-corrected chi connectivity index (χ2v) is 20.9. The summed E-state index contributed by atoms with van der Waals surface area (Å²) in [6.45, 7) is 1.85. The molecule has 0 unspecified atom stereocenters. The van der Waals surface area contributed by atoms with E-state index in [9.17, 15) is 69.7 Å². The number of carboxylic acids is 2. The van der Waals surface area contributed by atoms with E-state index in [0.717, 1.165) is 53.2 Å². The van der Waals surface area contributed by atoms with Gasteiger partial charge in [-0.25, -0.2) is 38.7 Å². The average molecular weight is 1790 g/mol. The first-order chi connectivity index (χ1) is 50.2. The predicted octanol–water partition coefficient (Wildman–Crippen LogP) is 16.2. The van der Waals surface area contributed by atoms with Gasteiger partial charge >= 0.3 is 35.8 Å². The van der Waals surface area contributed by atoms with Crippen molar-refractivity contribution in [1.82, 2.24) is 29.9 Å². The maximum Gasteiger partial charge on any atom is 0.358 e. The molecule has 18 nitrogen and oxygen atoms in total. The van der Waals surface area contributed by atoms with Crippen LogP contribution in [0.4, 0.5) is 30.7 Å². The molecule has 13 aromatic rings. The van der Waals surface area contributed by atoms with Crippen molar-refractivity contribution < 1.29 is 129 Å². The Labute approximate surface area is 625 Å². The monoisotopic (exact) mass is 1790 g/mol. The van der Waals surface area contributed by atoms with Crippen LogP contribution in [0.25, 0.3) is 45.0 Å². The maximum atomic E-state index is 13.2. The Hall–Kier alpha value is -12.9. The molecule has 536 valence electrons. The zero-order valence-corrected chi connectivity index (χ0v) is 59.0. The van der Waals surface area contributed by atoms with E-state index in [1.807, 2.05) is 25.1 Å². The average Bonchev–Trinajstić information content (AvgIpc) is 0.868. The third kappa shape index (κ3) is 23.0. The van der Waals surface area contributed by atoms with Crippen LogP contribution in [-0.4, -0.2) is 75.9 Å². The molecule has 0 atom stereocenters. The normalized spacial score (nSPS) is 10.0. The first kappa shape index (κ1) is 80.4. The molecule has 13 rings (SSSR count). The van der Waals surface area contributed by atoms with Crippen LogP contribution in [0, 0.1) is 71.9 Å². The van der Waals surface area contributed by atoms with Gasteiger partial charge in [0.05, 0.1) is 22.3 Å². The second-order valence-electron chi connectivity index (χ2n) is 20.9. The quantitative estimate of drug-likeness (QED) is 0.0444. The van der Waals surface area contributed by atoms with E-state index < -0.39 is 82.1 Å². The van der Waals surface area contributed by atoms with Crippen LogP contribution in [0.1, 0.15) is 68.0 Å². The molecule has 6 aromatic heterocycles. The Balaban J connectivity index is 0.000000217. The summed E-state index contributed by atoms with van der Waals surface area (Å²) in [4.78, 5) is 96.4. The van der Waals surface area contributed by atoms with Crippen LogP contribution in [0.5, 0.6) is 23.0 Å². The zero-order valence-electron chi connectivity index (χ0n) is 54.2. The van der Waals surface area contributed by atoms with E-state index in [1.165, 1.54) is 122 Å². The standard InChI is InChI=1S/C34H20N2O12.C12H9FN.3C11H6F2N.2Ir/c37-29(38)27-25(6-2-16-35-27)47-33(43)21-12-8-19(9-13-21)31(41)45-23-4-1-5-24(18-23)46-32(42)20-10-14-22(15-11-20)34(44)48-26-7-3-17-36-28(26)30(39)40;1-9-8-10(13)5-6-11(9)12-4-2-3-7-14-12;3*12-8-4-5-9(10(13)7-8)11-3-1-2-6-14-11;;/h1-18H,(H,37,38)(H,39,40);2-5,7-8H,1H3;3*1-4,6-7H;;/q;4*-1;;. The van der Waals surface area contributed by atoms with Crippen molar-refractivity contribution in [3.63, 3.8) is 0 Å². The van der Waals surface area contributed by atoms with E-state index in [-0.39, 0.29) is 108 Å². The van der Waals surface area contributed by atoms with Gasteiger partial charge in [-0.05, 0) is 132 Å². The molecule has 27 heteroatoms. The minimum absolute atomic E-state index is 0. The molecule has 0 aliphatic carbocycles. The van der Waals surface area contributed by atoms with Gasteiger partial charge in [0.2, 0.25) is 0 Å². The van der Waals surface area contributed by atoms with Crippen molar-refractivity contribution in [2.24, 2.45) is 0 Å². The van der Waals surface area contributed by atoms with Crippen molar-refractivity contribution in [3.05, 3.63) is 360 Å². The van der Waals surface area contributed by atoms with Gasteiger partial charge in [-0.1, -0.05) is 96.4 Å². The van der Waals surface area contributed by atoms with Crippen LogP contribution in [0.3, 0.4) is 0 Å². The van der Waals surface area contributed by atoms with Gasteiger partial charge < -0.3 is 49.1 Å². The van der Waals surface area contributed by atoms with Crippen LogP contribution in [0.15, 0.2) is 256 Å². The maximum absolute atomic E-state index is 13.2. The Morgan fingerprint density at radius 3 is 0.887 bits per heavy atom. The molecule has 0 amide bonds.